The van der Waals surface area contributed by atoms with Gasteiger partial charge in [-0.15, -0.1) is 0 Å². The van der Waals surface area contributed by atoms with Crippen LogP contribution in [0.4, 0.5) is 5.69 Å². The number of amides is 1. The summed E-state index contributed by atoms with van der Waals surface area (Å²) in [4.78, 5) is 11.2. The van der Waals surface area contributed by atoms with Gasteiger partial charge in [0.05, 0.1) is 5.69 Å². The predicted molar refractivity (Wildman–Crippen MR) is 77.9 cm³/mol. The summed E-state index contributed by atoms with van der Waals surface area (Å²) >= 11 is 0. The average Bonchev–Trinajstić information content (AvgIpc) is 2.40. The number of nitrogens with one attached hydrogen (secondary N) is 1. The Morgan fingerprint density at radius 2 is 1.79 bits per heavy atom. The first-order chi connectivity index (χ1) is 9.15. The number of hydrogen-bond donors (Lipinski definition) is 1. The molecular formula is C17H15NO. The van der Waals surface area contributed by atoms with E-state index >= 15 is 0 Å². The van der Waals surface area contributed by atoms with E-state index in [1.165, 1.54) is 6.92 Å². The lowest BCUT2D eigenvalue weighted by molar-refractivity contribution is -0.114. The molecule has 0 fully saturated rings. The van der Waals surface area contributed by atoms with Crippen molar-refractivity contribution in [2.24, 2.45) is 0 Å². The lowest BCUT2D eigenvalue weighted by Gasteiger charge is -2.05. The third-order valence-electron chi connectivity index (χ3n) is 2.60. The summed E-state index contributed by atoms with van der Waals surface area (Å²) in [6.07, 6.45) is 0. The first-order valence-electron chi connectivity index (χ1n) is 6.10. The van der Waals surface area contributed by atoms with Crippen LogP contribution < -0.4 is 5.32 Å². The summed E-state index contributed by atoms with van der Waals surface area (Å²) in [5, 5.41) is 2.80. The molecule has 0 bridgehead atoms. The highest BCUT2D eigenvalue weighted by atomic mass is 16.1. The number of benzene rings is 2. The normalized spacial score (nSPS) is 9.37. The van der Waals surface area contributed by atoms with Gasteiger partial charge in [-0.2, -0.15) is 0 Å². The molecule has 19 heavy (non-hydrogen) atoms. The van der Waals surface area contributed by atoms with Gasteiger partial charge in [-0.05, 0) is 36.8 Å². The first kappa shape index (κ1) is 12.9. The molecule has 0 unspecified atom stereocenters. The Balaban J connectivity index is 2.36. The summed E-state index contributed by atoms with van der Waals surface area (Å²) in [6, 6.07) is 15.6. The van der Waals surface area contributed by atoms with Gasteiger partial charge in [0.1, 0.15) is 0 Å². The summed E-state index contributed by atoms with van der Waals surface area (Å²) in [7, 11) is 0. The zero-order valence-corrected chi connectivity index (χ0v) is 11.0. The molecule has 2 rings (SSSR count). The van der Waals surface area contributed by atoms with Crippen molar-refractivity contribution >= 4 is 11.6 Å². The summed E-state index contributed by atoms with van der Waals surface area (Å²) in [6.45, 7) is 3.50. The van der Waals surface area contributed by atoms with Crippen LogP contribution >= 0.6 is 0 Å². The van der Waals surface area contributed by atoms with Crippen molar-refractivity contribution in [1.82, 2.24) is 0 Å². The van der Waals surface area contributed by atoms with Crippen molar-refractivity contribution in [2.75, 3.05) is 5.32 Å². The summed E-state index contributed by atoms with van der Waals surface area (Å²) in [5.74, 6) is 6.12. The third-order valence-corrected chi connectivity index (χ3v) is 2.60. The van der Waals surface area contributed by atoms with E-state index in [4.69, 9.17) is 0 Å². The Bertz CT molecular complexity index is 648. The van der Waals surface area contributed by atoms with Crippen LogP contribution in [0.25, 0.3) is 0 Å². The molecule has 2 nitrogen and oxygen atoms in total. The largest absolute Gasteiger partial charge is 0.325 e. The second-order valence-corrected chi connectivity index (χ2v) is 4.35. The van der Waals surface area contributed by atoms with Gasteiger partial charge in [0.25, 0.3) is 0 Å². The van der Waals surface area contributed by atoms with Gasteiger partial charge in [-0.25, -0.2) is 0 Å². The fraction of sp³-hybridized carbons (Fsp3) is 0.118. The molecule has 0 aliphatic carbocycles. The summed E-state index contributed by atoms with van der Waals surface area (Å²) in [5.41, 5.74) is 3.66. The maximum Gasteiger partial charge on any atom is 0.221 e. The van der Waals surface area contributed by atoms with Gasteiger partial charge in [0.2, 0.25) is 5.91 Å². The SMILES string of the molecule is CC(=O)Nc1ccc(C)cc1C#Cc1ccccc1. The van der Waals surface area contributed by atoms with Crippen LogP contribution in [-0.4, -0.2) is 5.91 Å². The van der Waals surface area contributed by atoms with Crippen LogP contribution in [0.2, 0.25) is 0 Å². The van der Waals surface area contributed by atoms with Gasteiger partial charge < -0.3 is 5.32 Å². The van der Waals surface area contributed by atoms with Crippen LogP contribution in [0.5, 0.6) is 0 Å². The highest BCUT2D eigenvalue weighted by molar-refractivity contribution is 5.90. The van der Waals surface area contributed by atoms with Crippen molar-refractivity contribution in [3.8, 4) is 11.8 Å². The first-order valence-corrected chi connectivity index (χ1v) is 6.10. The van der Waals surface area contributed by atoms with E-state index in [0.717, 1.165) is 22.4 Å². The van der Waals surface area contributed by atoms with E-state index in [9.17, 15) is 4.79 Å². The smallest absolute Gasteiger partial charge is 0.221 e. The molecule has 0 radical (unpaired) electrons. The van der Waals surface area contributed by atoms with Crippen LogP contribution in [0, 0.1) is 18.8 Å². The standard InChI is InChI=1S/C17H15NO/c1-13-8-11-17(18-14(2)19)16(12-13)10-9-15-6-4-3-5-7-15/h3-8,11-12H,1-2H3,(H,18,19). The number of aryl methyl sites for hydroxylation is 1. The second-order valence-electron chi connectivity index (χ2n) is 4.35. The Hall–Kier alpha value is -2.53. The lowest BCUT2D eigenvalue weighted by atomic mass is 10.1. The Morgan fingerprint density at radius 1 is 1.05 bits per heavy atom. The van der Waals surface area contributed by atoms with Gasteiger partial charge in [-0.1, -0.05) is 36.1 Å². The molecule has 2 aromatic carbocycles. The molecule has 0 heterocycles. The van der Waals surface area contributed by atoms with Crippen molar-refractivity contribution in [3.05, 3.63) is 65.2 Å². The van der Waals surface area contributed by atoms with Crippen molar-refractivity contribution < 1.29 is 4.79 Å². The second kappa shape index (κ2) is 5.88. The molecule has 94 valence electrons. The number of hydrogen-bond acceptors (Lipinski definition) is 1. The molecule has 0 aliphatic heterocycles. The number of carbonyl (C=O) groups excluding carboxylic acids is 1. The average molecular weight is 249 g/mol. The van der Waals surface area contributed by atoms with Crippen molar-refractivity contribution in [2.45, 2.75) is 13.8 Å². The molecule has 2 aromatic rings. The van der Waals surface area contributed by atoms with E-state index in [0.29, 0.717) is 0 Å². The zero-order valence-electron chi connectivity index (χ0n) is 11.0. The number of carbonyl (C=O) groups is 1. The van der Waals surface area contributed by atoms with E-state index in [1.54, 1.807) is 0 Å². The zero-order chi connectivity index (χ0) is 13.7. The maximum absolute atomic E-state index is 11.2. The van der Waals surface area contributed by atoms with Gasteiger partial charge in [0.15, 0.2) is 0 Å². The maximum atomic E-state index is 11.2. The Labute approximate surface area is 113 Å². The molecule has 0 saturated carbocycles. The third kappa shape index (κ3) is 3.72. The number of anilines is 1. The van der Waals surface area contributed by atoms with Crippen LogP contribution in [0.15, 0.2) is 48.5 Å². The van der Waals surface area contributed by atoms with Crippen LogP contribution in [0.1, 0.15) is 23.6 Å². The van der Waals surface area contributed by atoms with Gasteiger partial charge >= 0.3 is 0 Å². The molecule has 0 saturated heterocycles. The molecular weight excluding hydrogens is 234 g/mol. The molecule has 0 aromatic heterocycles. The van der Waals surface area contributed by atoms with Crippen molar-refractivity contribution in [1.29, 1.82) is 0 Å². The topological polar surface area (TPSA) is 29.1 Å². The Kier molecular flexibility index (Phi) is 4.00. The minimum atomic E-state index is -0.0911. The van der Waals surface area contributed by atoms with E-state index < -0.39 is 0 Å². The number of rotatable bonds is 1. The fourth-order valence-electron chi connectivity index (χ4n) is 1.72. The van der Waals surface area contributed by atoms with E-state index in [1.807, 2.05) is 55.5 Å². The quantitative estimate of drug-likeness (QED) is 0.771. The molecule has 0 spiro atoms. The summed E-state index contributed by atoms with van der Waals surface area (Å²) < 4.78 is 0. The molecule has 2 heteroatoms. The molecule has 0 aliphatic rings. The monoisotopic (exact) mass is 249 g/mol. The minimum Gasteiger partial charge on any atom is -0.325 e. The van der Waals surface area contributed by atoms with Gasteiger partial charge in [0, 0.05) is 18.1 Å². The molecule has 1 N–H and O–H groups in total. The van der Waals surface area contributed by atoms with E-state index in [-0.39, 0.29) is 5.91 Å². The molecule has 0 atom stereocenters. The Morgan fingerprint density at radius 3 is 2.47 bits per heavy atom. The highest BCUT2D eigenvalue weighted by Crippen LogP contribution is 2.16. The van der Waals surface area contributed by atoms with Crippen molar-refractivity contribution in [3.63, 3.8) is 0 Å². The van der Waals surface area contributed by atoms with E-state index in [2.05, 4.69) is 17.2 Å². The van der Waals surface area contributed by atoms with Crippen LogP contribution in [-0.2, 0) is 4.79 Å². The molecule has 1 amide bonds. The fourth-order valence-corrected chi connectivity index (χ4v) is 1.72. The lowest BCUT2D eigenvalue weighted by Crippen LogP contribution is -2.07. The highest BCUT2D eigenvalue weighted by Gasteiger charge is 2.01. The predicted octanol–water partition coefficient (Wildman–Crippen LogP) is 3.35. The minimum absolute atomic E-state index is 0.0911. The van der Waals surface area contributed by atoms with Crippen LogP contribution in [0.3, 0.4) is 0 Å². The van der Waals surface area contributed by atoms with Gasteiger partial charge in [-0.3, -0.25) is 4.79 Å².